The summed E-state index contributed by atoms with van der Waals surface area (Å²) in [4.78, 5) is 11.3. The van der Waals surface area contributed by atoms with Crippen LogP contribution in [0, 0.1) is 0 Å². The highest BCUT2D eigenvalue weighted by Gasteiger charge is 2.26. The van der Waals surface area contributed by atoms with Crippen molar-refractivity contribution in [2.24, 2.45) is 0 Å². The van der Waals surface area contributed by atoms with Gasteiger partial charge < -0.3 is 20.1 Å². The Labute approximate surface area is 91.7 Å². The van der Waals surface area contributed by atoms with Crippen LogP contribution in [0.5, 0.6) is 0 Å². The van der Waals surface area contributed by atoms with Crippen LogP contribution in [0.15, 0.2) is 18.6 Å². The Kier molecular flexibility index (Phi) is 2.23. The molecule has 16 heavy (non-hydrogen) atoms. The standard InChI is InChI=1S/C10H12N4O2/c15-8-4-16-3-7(8)14-10-6-1-2-11-9(6)12-5-13-10/h1-2,5,7-8,15H,3-4H2,(H2,11,12,13,14)/t7-,8-/m0/s1. The topological polar surface area (TPSA) is 83.1 Å². The molecule has 0 bridgehead atoms. The van der Waals surface area contributed by atoms with Crippen molar-refractivity contribution in [3.63, 3.8) is 0 Å². The molecule has 6 nitrogen and oxygen atoms in total. The largest absolute Gasteiger partial charge is 0.388 e. The summed E-state index contributed by atoms with van der Waals surface area (Å²) in [6.45, 7) is 0.871. The van der Waals surface area contributed by atoms with Crippen molar-refractivity contribution < 1.29 is 9.84 Å². The van der Waals surface area contributed by atoms with Gasteiger partial charge in [0.2, 0.25) is 0 Å². The van der Waals surface area contributed by atoms with E-state index in [2.05, 4.69) is 20.3 Å². The van der Waals surface area contributed by atoms with E-state index in [1.165, 1.54) is 6.33 Å². The molecule has 0 unspecified atom stereocenters. The van der Waals surface area contributed by atoms with E-state index in [0.29, 0.717) is 13.2 Å². The fourth-order valence-electron chi connectivity index (χ4n) is 1.84. The molecule has 0 amide bonds. The molecule has 1 saturated heterocycles. The first-order valence-electron chi connectivity index (χ1n) is 5.15. The number of nitrogens with zero attached hydrogens (tertiary/aromatic N) is 2. The summed E-state index contributed by atoms with van der Waals surface area (Å²) in [5, 5.41) is 13.7. The number of aromatic nitrogens is 3. The third-order valence-electron chi connectivity index (χ3n) is 2.73. The van der Waals surface area contributed by atoms with Gasteiger partial charge in [0, 0.05) is 6.20 Å². The molecular formula is C10H12N4O2. The van der Waals surface area contributed by atoms with E-state index < -0.39 is 6.10 Å². The first kappa shape index (κ1) is 9.56. The maximum Gasteiger partial charge on any atom is 0.142 e. The summed E-state index contributed by atoms with van der Waals surface area (Å²) in [6.07, 6.45) is 2.82. The zero-order valence-corrected chi connectivity index (χ0v) is 8.55. The van der Waals surface area contributed by atoms with Crippen LogP contribution in [0.3, 0.4) is 0 Å². The van der Waals surface area contributed by atoms with Gasteiger partial charge in [0.05, 0.1) is 30.7 Å². The van der Waals surface area contributed by atoms with Gasteiger partial charge in [-0.1, -0.05) is 0 Å². The summed E-state index contributed by atoms with van der Waals surface area (Å²) in [6, 6.07) is 1.80. The lowest BCUT2D eigenvalue weighted by Gasteiger charge is -2.15. The number of hydrogen-bond acceptors (Lipinski definition) is 5. The van der Waals surface area contributed by atoms with Crippen LogP contribution in [0.4, 0.5) is 5.82 Å². The monoisotopic (exact) mass is 220 g/mol. The lowest BCUT2D eigenvalue weighted by Crippen LogP contribution is -2.32. The number of fused-ring (bicyclic) bond motifs is 1. The van der Waals surface area contributed by atoms with Crippen LogP contribution >= 0.6 is 0 Å². The van der Waals surface area contributed by atoms with Crippen LogP contribution in [-0.2, 0) is 4.74 Å². The molecule has 3 heterocycles. The maximum atomic E-state index is 9.63. The number of rotatable bonds is 2. The molecule has 2 aromatic heterocycles. The van der Waals surface area contributed by atoms with Gasteiger partial charge in [-0.25, -0.2) is 9.97 Å². The van der Waals surface area contributed by atoms with Gasteiger partial charge >= 0.3 is 0 Å². The molecule has 2 aromatic rings. The minimum atomic E-state index is -0.482. The molecule has 1 aliphatic heterocycles. The average Bonchev–Trinajstić information content (AvgIpc) is 2.89. The van der Waals surface area contributed by atoms with Crippen LogP contribution < -0.4 is 5.32 Å². The molecule has 3 rings (SSSR count). The number of hydrogen-bond donors (Lipinski definition) is 3. The average molecular weight is 220 g/mol. The number of H-pyrrole nitrogens is 1. The molecule has 6 heteroatoms. The second-order valence-electron chi connectivity index (χ2n) is 3.82. The summed E-state index contributed by atoms with van der Waals surface area (Å²) >= 11 is 0. The number of nitrogens with one attached hydrogen (secondary N) is 2. The lowest BCUT2D eigenvalue weighted by molar-refractivity contribution is 0.125. The molecule has 84 valence electrons. The second kappa shape index (κ2) is 3.73. The van der Waals surface area contributed by atoms with Crippen LogP contribution in [0.2, 0.25) is 0 Å². The lowest BCUT2D eigenvalue weighted by atomic mass is 10.2. The van der Waals surface area contributed by atoms with Gasteiger partial charge in [0.15, 0.2) is 0 Å². The van der Waals surface area contributed by atoms with E-state index in [1.807, 2.05) is 12.3 Å². The van der Waals surface area contributed by atoms with Gasteiger partial charge in [-0.2, -0.15) is 0 Å². The molecule has 1 aliphatic rings. The Hall–Kier alpha value is -1.66. The first-order chi connectivity index (χ1) is 7.84. The Bertz CT molecular complexity index is 498. The van der Waals surface area contributed by atoms with E-state index in [9.17, 15) is 5.11 Å². The van der Waals surface area contributed by atoms with Crippen LogP contribution in [0.25, 0.3) is 11.0 Å². The Balaban J connectivity index is 1.91. The zero-order chi connectivity index (χ0) is 11.0. The van der Waals surface area contributed by atoms with Crippen LogP contribution in [0.1, 0.15) is 0 Å². The maximum absolute atomic E-state index is 9.63. The minimum absolute atomic E-state index is 0.104. The number of ether oxygens (including phenoxy) is 1. The highest BCUT2D eigenvalue weighted by Crippen LogP contribution is 2.20. The van der Waals surface area contributed by atoms with Gasteiger partial charge in [-0.15, -0.1) is 0 Å². The minimum Gasteiger partial charge on any atom is -0.388 e. The molecule has 1 fully saturated rings. The molecule has 0 saturated carbocycles. The highest BCUT2D eigenvalue weighted by molar-refractivity contribution is 5.86. The zero-order valence-electron chi connectivity index (χ0n) is 8.55. The molecule has 0 aliphatic carbocycles. The molecule has 0 spiro atoms. The van der Waals surface area contributed by atoms with Gasteiger partial charge in [0.25, 0.3) is 0 Å². The Morgan fingerprint density at radius 2 is 2.38 bits per heavy atom. The fourth-order valence-corrected chi connectivity index (χ4v) is 1.84. The van der Waals surface area contributed by atoms with Gasteiger partial charge in [-0.3, -0.25) is 0 Å². The predicted octanol–water partition coefficient (Wildman–Crippen LogP) is 0.129. The predicted molar refractivity (Wildman–Crippen MR) is 58.1 cm³/mol. The number of aliphatic hydroxyl groups excluding tert-OH is 1. The molecule has 0 aromatic carbocycles. The molecule has 0 radical (unpaired) electrons. The van der Waals surface area contributed by atoms with Crippen molar-refractivity contribution in [3.8, 4) is 0 Å². The molecule has 2 atom stereocenters. The fraction of sp³-hybridized carbons (Fsp3) is 0.400. The molecular weight excluding hydrogens is 208 g/mol. The summed E-state index contributed by atoms with van der Waals surface area (Å²) in [7, 11) is 0. The van der Waals surface area contributed by atoms with Gasteiger partial charge in [-0.05, 0) is 6.07 Å². The first-order valence-corrected chi connectivity index (χ1v) is 5.15. The molecule has 3 N–H and O–H groups in total. The number of aromatic amines is 1. The van der Waals surface area contributed by atoms with Crippen molar-refractivity contribution in [2.45, 2.75) is 12.1 Å². The summed E-state index contributed by atoms with van der Waals surface area (Å²) in [5.41, 5.74) is 0.783. The van der Waals surface area contributed by atoms with E-state index in [0.717, 1.165) is 16.9 Å². The smallest absolute Gasteiger partial charge is 0.142 e. The van der Waals surface area contributed by atoms with Crippen LogP contribution in [-0.4, -0.2) is 45.4 Å². The van der Waals surface area contributed by atoms with Crippen molar-refractivity contribution in [1.82, 2.24) is 15.0 Å². The number of anilines is 1. The Morgan fingerprint density at radius 1 is 1.44 bits per heavy atom. The normalized spacial score (nSPS) is 25.1. The van der Waals surface area contributed by atoms with E-state index in [1.54, 1.807) is 0 Å². The SMILES string of the molecule is O[C@H]1COC[C@@H]1Nc1ncnc2[nH]ccc12. The van der Waals surface area contributed by atoms with Crippen molar-refractivity contribution in [1.29, 1.82) is 0 Å². The Morgan fingerprint density at radius 3 is 3.19 bits per heavy atom. The second-order valence-corrected chi connectivity index (χ2v) is 3.82. The summed E-state index contributed by atoms with van der Waals surface area (Å²) < 4.78 is 5.17. The van der Waals surface area contributed by atoms with Gasteiger partial charge in [0.1, 0.15) is 17.8 Å². The van der Waals surface area contributed by atoms with E-state index in [-0.39, 0.29) is 6.04 Å². The third kappa shape index (κ3) is 1.52. The number of aliphatic hydroxyl groups is 1. The van der Waals surface area contributed by atoms with Crippen molar-refractivity contribution >= 4 is 16.9 Å². The quantitative estimate of drug-likeness (QED) is 0.670. The van der Waals surface area contributed by atoms with E-state index >= 15 is 0 Å². The summed E-state index contributed by atoms with van der Waals surface area (Å²) in [5.74, 6) is 0.723. The van der Waals surface area contributed by atoms with E-state index in [4.69, 9.17) is 4.74 Å². The highest BCUT2D eigenvalue weighted by atomic mass is 16.5. The third-order valence-corrected chi connectivity index (χ3v) is 2.73. The van der Waals surface area contributed by atoms with Crippen molar-refractivity contribution in [2.75, 3.05) is 18.5 Å². The van der Waals surface area contributed by atoms with Crippen molar-refractivity contribution in [3.05, 3.63) is 18.6 Å².